The van der Waals surface area contributed by atoms with Gasteiger partial charge in [0.2, 0.25) is 0 Å². The first-order valence-electron chi connectivity index (χ1n) is 7.27. The second-order valence-electron chi connectivity index (χ2n) is 6.13. The van der Waals surface area contributed by atoms with Crippen LogP contribution in [0.1, 0.15) is 12.8 Å². The van der Waals surface area contributed by atoms with Gasteiger partial charge in [0.1, 0.15) is 0 Å². The fraction of sp³-hybridized carbons (Fsp3) is 0.533. The molecule has 0 aromatic heterocycles. The van der Waals surface area contributed by atoms with E-state index in [0.29, 0.717) is 11.9 Å². The maximum absolute atomic E-state index is 6.22. The largest absolute Gasteiger partial charge is 0.369 e. The molecule has 0 saturated carbocycles. The number of aliphatic imine (C=N–C) groups is 1. The highest BCUT2D eigenvalue weighted by Gasteiger charge is 2.53. The number of rotatable bonds is 1. The Balaban J connectivity index is 1.77. The molecule has 3 unspecified atom stereocenters. The molecule has 0 aliphatic carbocycles. The van der Waals surface area contributed by atoms with Crippen LogP contribution in [0.5, 0.6) is 0 Å². The van der Waals surface area contributed by atoms with Gasteiger partial charge in [0.25, 0.3) is 0 Å². The van der Waals surface area contributed by atoms with Crippen molar-refractivity contribution in [3.05, 3.63) is 29.3 Å². The Hall–Kier alpha value is -1.26. The molecule has 3 aliphatic rings. The molecule has 5 heteroatoms. The number of nitrogens with two attached hydrogens (primary N) is 1. The lowest BCUT2D eigenvalue weighted by molar-refractivity contribution is 0.182. The van der Waals surface area contributed by atoms with Crippen LogP contribution in [0.25, 0.3) is 0 Å². The van der Waals surface area contributed by atoms with Crippen molar-refractivity contribution in [3.63, 3.8) is 0 Å². The Labute approximate surface area is 124 Å². The van der Waals surface area contributed by atoms with Gasteiger partial charge in [-0.3, -0.25) is 4.99 Å². The van der Waals surface area contributed by atoms with Crippen LogP contribution in [-0.4, -0.2) is 42.6 Å². The van der Waals surface area contributed by atoms with E-state index in [4.69, 9.17) is 17.3 Å². The third-order valence-electron chi connectivity index (χ3n) is 5.15. The Morgan fingerprint density at radius 3 is 3.10 bits per heavy atom. The van der Waals surface area contributed by atoms with E-state index in [2.05, 4.69) is 20.9 Å². The third-order valence-corrected chi connectivity index (χ3v) is 5.38. The van der Waals surface area contributed by atoms with E-state index in [-0.39, 0.29) is 5.54 Å². The van der Waals surface area contributed by atoms with Gasteiger partial charge in [0, 0.05) is 23.8 Å². The van der Waals surface area contributed by atoms with E-state index in [0.717, 1.165) is 30.2 Å². The molecule has 2 bridgehead atoms. The van der Waals surface area contributed by atoms with Crippen LogP contribution in [0.2, 0.25) is 5.02 Å². The molecular weight excluding hydrogens is 272 g/mol. The molecule has 3 atom stereocenters. The van der Waals surface area contributed by atoms with Crippen molar-refractivity contribution in [2.45, 2.75) is 18.4 Å². The molecule has 4 nitrogen and oxygen atoms in total. The van der Waals surface area contributed by atoms with E-state index in [9.17, 15) is 0 Å². The van der Waals surface area contributed by atoms with Gasteiger partial charge in [0.15, 0.2) is 5.96 Å². The predicted molar refractivity (Wildman–Crippen MR) is 82.3 cm³/mol. The molecule has 2 saturated heterocycles. The maximum Gasteiger partial charge on any atom is 0.196 e. The number of guanidine groups is 1. The number of anilines is 1. The Bertz CT molecular complexity index is 573. The second-order valence-corrected chi connectivity index (χ2v) is 6.57. The minimum Gasteiger partial charge on any atom is -0.369 e. The van der Waals surface area contributed by atoms with Gasteiger partial charge in [-0.1, -0.05) is 17.7 Å². The summed E-state index contributed by atoms with van der Waals surface area (Å²) < 4.78 is 0. The summed E-state index contributed by atoms with van der Waals surface area (Å²) in [7, 11) is 0. The normalized spacial score (nSPS) is 35.6. The lowest BCUT2D eigenvalue weighted by Crippen LogP contribution is -2.60. The minimum absolute atomic E-state index is 0.0712. The number of hydrogen-bond acceptors (Lipinski definition) is 4. The molecule has 1 spiro atoms. The van der Waals surface area contributed by atoms with Crippen molar-refractivity contribution in [2.75, 3.05) is 31.1 Å². The fourth-order valence-electron chi connectivity index (χ4n) is 4.12. The van der Waals surface area contributed by atoms with Gasteiger partial charge < -0.3 is 15.5 Å². The van der Waals surface area contributed by atoms with Crippen molar-refractivity contribution in [2.24, 2.45) is 16.6 Å². The van der Waals surface area contributed by atoms with Gasteiger partial charge in [0.05, 0.1) is 12.1 Å². The van der Waals surface area contributed by atoms with Gasteiger partial charge in [-0.2, -0.15) is 0 Å². The molecule has 1 aromatic rings. The highest BCUT2D eigenvalue weighted by Crippen LogP contribution is 2.44. The Morgan fingerprint density at radius 1 is 1.35 bits per heavy atom. The lowest BCUT2D eigenvalue weighted by atomic mass is 9.77. The average Bonchev–Trinajstić information content (AvgIpc) is 2.98. The summed E-state index contributed by atoms with van der Waals surface area (Å²) in [6.45, 7) is 4.37. The smallest absolute Gasteiger partial charge is 0.196 e. The first-order valence-corrected chi connectivity index (χ1v) is 7.65. The quantitative estimate of drug-likeness (QED) is 0.860. The number of nitrogens with zero attached hydrogens (tertiary/aromatic N) is 3. The highest BCUT2D eigenvalue weighted by molar-refractivity contribution is 6.31. The van der Waals surface area contributed by atoms with Crippen molar-refractivity contribution < 1.29 is 0 Å². The standard InChI is InChI=1S/C15H19ClN4/c16-12-2-1-3-13(8-12)20-14(17)18-10-15(20)5-7-19-6-4-11(15)9-19/h1-3,8,11H,4-7,9-10H2,(H2,17,18). The monoisotopic (exact) mass is 290 g/mol. The molecule has 1 aromatic carbocycles. The van der Waals surface area contributed by atoms with Gasteiger partial charge in [-0.05, 0) is 43.5 Å². The summed E-state index contributed by atoms with van der Waals surface area (Å²) in [5, 5.41) is 0.751. The summed E-state index contributed by atoms with van der Waals surface area (Å²) in [6, 6.07) is 7.97. The van der Waals surface area contributed by atoms with Gasteiger partial charge >= 0.3 is 0 Å². The van der Waals surface area contributed by atoms with E-state index >= 15 is 0 Å². The number of halogens is 1. The zero-order chi connectivity index (χ0) is 13.7. The molecular formula is C15H19ClN4. The second kappa shape index (κ2) is 4.37. The van der Waals surface area contributed by atoms with Gasteiger partial charge in [-0.15, -0.1) is 0 Å². The van der Waals surface area contributed by atoms with Crippen molar-refractivity contribution in [1.29, 1.82) is 0 Å². The van der Waals surface area contributed by atoms with E-state index in [1.807, 2.05) is 18.2 Å². The lowest BCUT2D eigenvalue weighted by Gasteiger charge is -2.46. The summed E-state index contributed by atoms with van der Waals surface area (Å²) >= 11 is 6.16. The summed E-state index contributed by atoms with van der Waals surface area (Å²) in [5.41, 5.74) is 7.37. The Morgan fingerprint density at radius 2 is 2.25 bits per heavy atom. The van der Waals surface area contributed by atoms with E-state index in [1.54, 1.807) is 0 Å². The summed E-state index contributed by atoms with van der Waals surface area (Å²) in [4.78, 5) is 9.39. The van der Waals surface area contributed by atoms with Crippen LogP contribution in [0.15, 0.2) is 29.3 Å². The van der Waals surface area contributed by atoms with Crippen molar-refractivity contribution in [1.82, 2.24) is 4.90 Å². The van der Waals surface area contributed by atoms with Crippen LogP contribution in [0, 0.1) is 5.92 Å². The summed E-state index contributed by atoms with van der Waals surface area (Å²) in [5.74, 6) is 1.30. The number of piperidine rings is 1. The number of hydrogen-bond donors (Lipinski definition) is 1. The SMILES string of the molecule is NC1=NCC2(CCN3CCC2C3)N1c1cccc(Cl)c1. The first kappa shape index (κ1) is 12.5. The van der Waals surface area contributed by atoms with Crippen molar-refractivity contribution >= 4 is 23.2 Å². The Kier molecular flexibility index (Phi) is 2.72. The first-order chi connectivity index (χ1) is 9.69. The van der Waals surface area contributed by atoms with Crippen molar-refractivity contribution in [3.8, 4) is 0 Å². The predicted octanol–water partition coefficient (Wildman–Crippen LogP) is 1.94. The fourth-order valence-corrected chi connectivity index (χ4v) is 4.31. The average molecular weight is 291 g/mol. The number of fused-ring (bicyclic) bond motifs is 3. The molecule has 2 fully saturated rings. The molecule has 4 rings (SSSR count). The van der Waals surface area contributed by atoms with Crippen LogP contribution in [0.3, 0.4) is 0 Å². The van der Waals surface area contributed by atoms with Gasteiger partial charge in [-0.25, -0.2) is 0 Å². The molecule has 106 valence electrons. The molecule has 0 amide bonds. The van der Waals surface area contributed by atoms with E-state index < -0.39 is 0 Å². The van der Waals surface area contributed by atoms with Crippen LogP contribution < -0.4 is 10.6 Å². The molecule has 20 heavy (non-hydrogen) atoms. The summed E-state index contributed by atoms with van der Waals surface area (Å²) in [6.07, 6.45) is 2.38. The minimum atomic E-state index is 0.0712. The molecule has 3 heterocycles. The number of benzene rings is 1. The highest BCUT2D eigenvalue weighted by atomic mass is 35.5. The molecule has 2 N–H and O–H groups in total. The maximum atomic E-state index is 6.22. The van der Waals surface area contributed by atoms with Crippen LogP contribution >= 0.6 is 11.6 Å². The van der Waals surface area contributed by atoms with Crippen LogP contribution in [-0.2, 0) is 0 Å². The third kappa shape index (κ3) is 1.68. The molecule has 3 aliphatic heterocycles. The topological polar surface area (TPSA) is 44.9 Å². The van der Waals surface area contributed by atoms with Crippen LogP contribution in [0.4, 0.5) is 5.69 Å². The zero-order valence-electron chi connectivity index (χ0n) is 11.4. The zero-order valence-corrected chi connectivity index (χ0v) is 12.2. The molecule has 0 radical (unpaired) electrons. The van der Waals surface area contributed by atoms with E-state index in [1.165, 1.54) is 19.5 Å².